The zero-order valence-corrected chi connectivity index (χ0v) is 12.0. The van der Waals surface area contributed by atoms with Crippen LogP contribution in [0.4, 0.5) is 21.5 Å². The number of hydrogen-bond acceptors (Lipinski definition) is 4. The van der Waals surface area contributed by atoms with Crippen molar-refractivity contribution in [2.75, 3.05) is 29.5 Å². The van der Waals surface area contributed by atoms with Crippen molar-refractivity contribution in [2.24, 2.45) is 0 Å². The Hall–Kier alpha value is -1.20. The Kier molecular flexibility index (Phi) is 3.65. The molecule has 110 valence electrons. The molecule has 4 N–H and O–H groups in total. The maximum atomic E-state index is 14.5. The van der Waals surface area contributed by atoms with E-state index < -0.39 is 5.82 Å². The zero-order valence-electron chi connectivity index (χ0n) is 11.2. The molecule has 0 spiro atoms. The first-order valence-corrected chi connectivity index (χ1v) is 7.38. The molecule has 2 fully saturated rings. The fraction of sp³-hybridized carbons (Fsp3) is 0.571. The molecule has 1 saturated heterocycles. The topological polar surface area (TPSA) is 64.5 Å². The SMILES string of the molecule is Nc1cc(N)c(N2CCOC3CCCCC32)c(F)c1Cl. The van der Waals surface area contributed by atoms with Gasteiger partial charge in [-0.1, -0.05) is 24.4 Å². The minimum atomic E-state index is -0.518. The smallest absolute Gasteiger partial charge is 0.169 e. The molecular weight excluding hydrogens is 281 g/mol. The van der Waals surface area contributed by atoms with Crippen molar-refractivity contribution >= 4 is 28.7 Å². The van der Waals surface area contributed by atoms with Gasteiger partial charge in [0, 0.05) is 6.54 Å². The summed E-state index contributed by atoms with van der Waals surface area (Å²) in [6, 6.07) is 1.71. The van der Waals surface area contributed by atoms with Crippen molar-refractivity contribution in [3.63, 3.8) is 0 Å². The van der Waals surface area contributed by atoms with Crippen LogP contribution in [-0.4, -0.2) is 25.3 Å². The highest BCUT2D eigenvalue weighted by Gasteiger charge is 2.36. The Morgan fingerprint density at radius 3 is 2.80 bits per heavy atom. The number of nitrogens with zero attached hydrogens (tertiary/aromatic N) is 1. The molecule has 2 aliphatic rings. The van der Waals surface area contributed by atoms with Crippen LogP contribution < -0.4 is 16.4 Å². The molecule has 4 nitrogen and oxygen atoms in total. The highest BCUT2D eigenvalue weighted by Crippen LogP contribution is 2.40. The first-order chi connectivity index (χ1) is 9.59. The monoisotopic (exact) mass is 299 g/mol. The Morgan fingerprint density at radius 2 is 2.00 bits per heavy atom. The van der Waals surface area contributed by atoms with Crippen LogP contribution >= 0.6 is 11.6 Å². The van der Waals surface area contributed by atoms with Gasteiger partial charge in [-0.25, -0.2) is 4.39 Å². The number of fused-ring (bicyclic) bond motifs is 1. The molecule has 6 heteroatoms. The number of rotatable bonds is 1. The average Bonchev–Trinajstić information content (AvgIpc) is 2.45. The van der Waals surface area contributed by atoms with Crippen LogP contribution in [0.25, 0.3) is 0 Å². The normalized spacial score (nSPS) is 26.4. The van der Waals surface area contributed by atoms with Crippen molar-refractivity contribution in [2.45, 2.75) is 37.8 Å². The van der Waals surface area contributed by atoms with Gasteiger partial charge in [-0.3, -0.25) is 0 Å². The van der Waals surface area contributed by atoms with E-state index in [-0.39, 0.29) is 22.9 Å². The molecule has 1 aliphatic heterocycles. The Balaban J connectivity index is 2.01. The van der Waals surface area contributed by atoms with Crippen LogP contribution in [0.3, 0.4) is 0 Å². The first-order valence-electron chi connectivity index (χ1n) is 7.00. The Bertz CT molecular complexity index is 524. The zero-order chi connectivity index (χ0) is 14.3. The molecule has 1 saturated carbocycles. The van der Waals surface area contributed by atoms with Crippen LogP contribution in [0, 0.1) is 5.82 Å². The van der Waals surface area contributed by atoms with E-state index in [1.54, 1.807) is 0 Å². The summed E-state index contributed by atoms with van der Waals surface area (Å²) in [6.07, 6.45) is 4.46. The van der Waals surface area contributed by atoms with Gasteiger partial charge in [-0.2, -0.15) is 0 Å². The first kappa shape index (κ1) is 13.8. The lowest BCUT2D eigenvalue weighted by Crippen LogP contribution is -2.53. The van der Waals surface area contributed by atoms with E-state index in [1.807, 2.05) is 4.90 Å². The maximum Gasteiger partial charge on any atom is 0.169 e. The predicted octanol–water partition coefficient (Wildman–Crippen LogP) is 2.79. The number of ether oxygens (including phenoxy) is 1. The van der Waals surface area contributed by atoms with Gasteiger partial charge in [-0.15, -0.1) is 0 Å². The van der Waals surface area contributed by atoms with Crippen LogP contribution in [0.5, 0.6) is 0 Å². The largest absolute Gasteiger partial charge is 0.397 e. The number of benzene rings is 1. The van der Waals surface area contributed by atoms with Crippen molar-refractivity contribution < 1.29 is 9.13 Å². The van der Waals surface area contributed by atoms with Gasteiger partial charge < -0.3 is 21.1 Å². The van der Waals surface area contributed by atoms with Gasteiger partial charge in [-0.05, 0) is 18.9 Å². The van der Waals surface area contributed by atoms with Gasteiger partial charge in [0.15, 0.2) is 5.82 Å². The van der Waals surface area contributed by atoms with Crippen LogP contribution in [0.1, 0.15) is 25.7 Å². The molecule has 0 aromatic heterocycles. The molecule has 2 unspecified atom stereocenters. The van der Waals surface area contributed by atoms with E-state index in [1.165, 1.54) is 6.07 Å². The molecule has 2 atom stereocenters. The quantitative estimate of drug-likeness (QED) is 0.783. The lowest BCUT2D eigenvalue weighted by Gasteiger charge is -2.45. The van der Waals surface area contributed by atoms with Gasteiger partial charge in [0.25, 0.3) is 0 Å². The predicted molar refractivity (Wildman–Crippen MR) is 79.6 cm³/mol. The summed E-state index contributed by atoms with van der Waals surface area (Å²) in [5.74, 6) is -0.518. The van der Waals surface area contributed by atoms with E-state index in [9.17, 15) is 4.39 Å². The second kappa shape index (κ2) is 5.30. The van der Waals surface area contributed by atoms with E-state index in [0.717, 1.165) is 25.7 Å². The van der Waals surface area contributed by atoms with Crippen molar-refractivity contribution in [3.8, 4) is 0 Å². The van der Waals surface area contributed by atoms with Gasteiger partial charge in [0.1, 0.15) is 5.02 Å². The highest BCUT2D eigenvalue weighted by molar-refractivity contribution is 6.33. The average molecular weight is 300 g/mol. The van der Waals surface area contributed by atoms with Crippen LogP contribution in [0.2, 0.25) is 5.02 Å². The molecule has 0 radical (unpaired) electrons. The number of anilines is 3. The van der Waals surface area contributed by atoms with Crippen molar-refractivity contribution in [1.82, 2.24) is 0 Å². The van der Waals surface area contributed by atoms with Gasteiger partial charge >= 0.3 is 0 Å². The second-order valence-electron chi connectivity index (χ2n) is 5.49. The minimum absolute atomic E-state index is 0.0481. The van der Waals surface area contributed by atoms with E-state index in [0.29, 0.717) is 24.5 Å². The molecule has 0 bridgehead atoms. The van der Waals surface area contributed by atoms with Gasteiger partial charge in [0.2, 0.25) is 0 Å². The van der Waals surface area contributed by atoms with Crippen LogP contribution in [0.15, 0.2) is 6.07 Å². The lowest BCUT2D eigenvalue weighted by atomic mass is 9.89. The number of morpholine rings is 1. The van der Waals surface area contributed by atoms with E-state index in [4.69, 9.17) is 27.8 Å². The second-order valence-corrected chi connectivity index (χ2v) is 5.86. The third kappa shape index (κ3) is 2.19. The number of nitrogens with two attached hydrogens (primary N) is 2. The molecule has 20 heavy (non-hydrogen) atoms. The third-order valence-corrected chi connectivity index (χ3v) is 4.64. The summed E-state index contributed by atoms with van der Waals surface area (Å²) < 4.78 is 20.3. The molecular formula is C14H19ClFN3O. The molecule has 1 heterocycles. The highest BCUT2D eigenvalue weighted by atomic mass is 35.5. The summed E-state index contributed by atoms with van der Waals surface area (Å²) in [4.78, 5) is 2.02. The number of halogens is 2. The molecule has 1 aromatic rings. The lowest BCUT2D eigenvalue weighted by molar-refractivity contribution is -0.00884. The summed E-state index contributed by atoms with van der Waals surface area (Å²) in [6.45, 7) is 1.21. The molecule has 1 aromatic carbocycles. The summed E-state index contributed by atoms with van der Waals surface area (Å²) >= 11 is 5.94. The van der Waals surface area contributed by atoms with E-state index >= 15 is 0 Å². The summed E-state index contributed by atoms with van der Waals surface area (Å²) in [7, 11) is 0. The van der Waals surface area contributed by atoms with Gasteiger partial charge in [0.05, 0.1) is 35.8 Å². The summed E-state index contributed by atoms with van der Waals surface area (Å²) in [5, 5.41) is -0.0481. The van der Waals surface area contributed by atoms with Crippen molar-refractivity contribution in [3.05, 3.63) is 16.9 Å². The number of nitrogen functional groups attached to an aromatic ring is 2. The maximum absolute atomic E-state index is 14.5. The Labute approximate surface area is 122 Å². The van der Waals surface area contributed by atoms with E-state index in [2.05, 4.69) is 0 Å². The van der Waals surface area contributed by atoms with Crippen molar-refractivity contribution in [1.29, 1.82) is 0 Å². The third-order valence-electron chi connectivity index (χ3n) is 4.26. The molecule has 0 amide bonds. The van der Waals surface area contributed by atoms with Crippen LogP contribution in [-0.2, 0) is 4.74 Å². The number of hydrogen-bond donors (Lipinski definition) is 2. The minimum Gasteiger partial charge on any atom is -0.397 e. The fourth-order valence-corrected chi connectivity index (χ4v) is 3.47. The molecule has 1 aliphatic carbocycles. The summed E-state index contributed by atoms with van der Waals surface area (Å²) in [5.41, 5.74) is 12.5. The fourth-order valence-electron chi connectivity index (χ4n) is 3.32. The molecule has 3 rings (SSSR count). The standard InChI is InChI=1S/C14H19ClFN3O/c15-12-8(17)7-9(18)14(13(12)16)19-5-6-20-11-4-2-1-3-10(11)19/h7,10-11H,1-6,17-18H2. The Morgan fingerprint density at radius 1 is 1.25 bits per heavy atom.